The van der Waals surface area contributed by atoms with E-state index in [1.165, 1.54) is 33.7 Å². The summed E-state index contributed by atoms with van der Waals surface area (Å²) in [5.74, 6) is 0.789. The van der Waals surface area contributed by atoms with Gasteiger partial charge in [-0.1, -0.05) is 18.2 Å². The van der Waals surface area contributed by atoms with Crippen molar-refractivity contribution in [1.82, 2.24) is 23.9 Å². The van der Waals surface area contributed by atoms with Crippen molar-refractivity contribution in [2.24, 2.45) is 4.99 Å². The molecule has 1 saturated heterocycles. The van der Waals surface area contributed by atoms with Gasteiger partial charge in [0.25, 0.3) is 5.69 Å². The van der Waals surface area contributed by atoms with Crippen LogP contribution in [0, 0.1) is 10.1 Å². The summed E-state index contributed by atoms with van der Waals surface area (Å²) in [5.41, 5.74) is 0.135. The molecular weight excluding hydrogens is 682 g/mol. The number of likely N-dealkylation sites (tertiary alicyclic amines) is 1. The largest absolute Gasteiger partial charge is 0.457 e. The van der Waals surface area contributed by atoms with Crippen LogP contribution in [0.5, 0.6) is 11.5 Å². The van der Waals surface area contributed by atoms with Crippen LogP contribution >= 0.6 is 0 Å². The minimum absolute atomic E-state index is 0.000334. The maximum atomic E-state index is 14.7. The summed E-state index contributed by atoms with van der Waals surface area (Å²) in [4.78, 5) is 64.3. The second-order valence-corrected chi connectivity index (χ2v) is 13.7. The molecule has 274 valence electrons. The fourth-order valence-corrected chi connectivity index (χ4v) is 6.01. The van der Waals surface area contributed by atoms with Gasteiger partial charge in [-0.25, -0.2) is 24.4 Å². The van der Waals surface area contributed by atoms with E-state index in [1.54, 1.807) is 73.1 Å². The van der Waals surface area contributed by atoms with Gasteiger partial charge in [0.15, 0.2) is 5.82 Å². The molecule has 1 fully saturated rings. The van der Waals surface area contributed by atoms with E-state index in [-0.39, 0.29) is 36.6 Å². The second-order valence-electron chi connectivity index (χ2n) is 13.7. The lowest BCUT2D eigenvalue weighted by Crippen LogP contribution is -2.50. The van der Waals surface area contributed by atoms with Crippen LogP contribution in [0.15, 0.2) is 101 Å². The van der Waals surface area contributed by atoms with E-state index >= 15 is 0 Å². The fraction of sp³-hybridized carbons (Fsp3) is 0.289. The number of nitro benzene ring substituents is 1. The molecule has 1 amide bonds. The van der Waals surface area contributed by atoms with Crippen LogP contribution in [0.4, 0.5) is 16.3 Å². The monoisotopic (exact) mass is 721 g/mol. The van der Waals surface area contributed by atoms with Gasteiger partial charge in [-0.3, -0.25) is 19.2 Å². The summed E-state index contributed by atoms with van der Waals surface area (Å²) < 4.78 is 20.7. The van der Waals surface area contributed by atoms with E-state index in [2.05, 4.69) is 9.98 Å². The number of aliphatic imine (C=N–C) groups is 1. The van der Waals surface area contributed by atoms with Crippen LogP contribution in [-0.2, 0) is 9.47 Å². The van der Waals surface area contributed by atoms with Crippen molar-refractivity contribution in [3.05, 3.63) is 117 Å². The molecule has 53 heavy (non-hydrogen) atoms. The third-order valence-corrected chi connectivity index (χ3v) is 8.24. The predicted molar refractivity (Wildman–Crippen MR) is 197 cm³/mol. The molecule has 5 aromatic rings. The van der Waals surface area contributed by atoms with Gasteiger partial charge in [0.1, 0.15) is 28.7 Å². The Morgan fingerprint density at radius 2 is 1.64 bits per heavy atom. The number of fused-ring (bicyclic) bond motifs is 1. The number of carbonyl (C=O) groups excluding carboxylic acids is 2. The number of para-hydroxylation sites is 1. The highest BCUT2D eigenvalue weighted by atomic mass is 16.6. The van der Waals surface area contributed by atoms with Crippen LogP contribution in [0.3, 0.4) is 0 Å². The van der Waals surface area contributed by atoms with E-state index < -0.39 is 40.4 Å². The van der Waals surface area contributed by atoms with E-state index in [4.69, 9.17) is 14.2 Å². The second kappa shape index (κ2) is 15.0. The van der Waals surface area contributed by atoms with Crippen molar-refractivity contribution in [1.29, 1.82) is 0 Å². The van der Waals surface area contributed by atoms with Gasteiger partial charge in [0.2, 0.25) is 0 Å². The lowest BCUT2D eigenvalue weighted by atomic mass is 10.0. The zero-order valence-electron chi connectivity index (χ0n) is 29.9. The number of nitrogens with zero attached hydrogens (tertiary/aromatic N) is 7. The molecule has 0 unspecified atom stereocenters. The first-order valence-electron chi connectivity index (χ1n) is 16.9. The Bertz CT molecular complexity index is 2210. The average Bonchev–Trinajstić information content (AvgIpc) is 3.42. The molecule has 3 heterocycles. The number of benzene rings is 3. The molecule has 15 heteroatoms. The van der Waals surface area contributed by atoms with Gasteiger partial charge in [-0.05, 0) is 75.4 Å². The molecule has 1 aliphatic heterocycles. The number of piperidine rings is 1. The van der Waals surface area contributed by atoms with Crippen molar-refractivity contribution < 1.29 is 28.7 Å². The molecule has 15 nitrogen and oxygen atoms in total. The summed E-state index contributed by atoms with van der Waals surface area (Å²) in [6, 6.07) is 22.4. The van der Waals surface area contributed by atoms with Crippen LogP contribution in [0.1, 0.15) is 43.6 Å². The van der Waals surface area contributed by atoms with Gasteiger partial charge in [0, 0.05) is 45.4 Å². The number of carbonyl (C=O) groups is 2. The van der Waals surface area contributed by atoms with Crippen LogP contribution in [-0.4, -0.2) is 86.1 Å². The van der Waals surface area contributed by atoms with Gasteiger partial charge in [0.05, 0.1) is 40.6 Å². The minimum atomic E-state index is -0.864. The topological polar surface area (TPSA) is 164 Å². The van der Waals surface area contributed by atoms with Crippen LogP contribution < -0.4 is 10.4 Å². The van der Waals surface area contributed by atoms with E-state index in [0.717, 1.165) is 0 Å². The number of ether oxygens (including phenoxy) is 3. The van der Waals surface area contributed by atoms with Crippen molar-refractivity contribution in [2.75, 3.05) is 27.2 Å². The summed E-state index contributed by atoms with van der Waals surface area (Å²) in [6.45, 7) is 5.31. The summed E-state index contributed by atoms with van der Waals surface area (Å²) in [7, 11) is 3.64. The number of imidazole rings is 1. The summed E-state index contributed by atoms with van der Waals surface area (Å²) in [5, 5.41) is 11.1. The van der Waals surface area contributed by atoms with Crippen molar-refractivity contribution in [3.8, 4) is 17.2 Å². The normalized spacial score (nSPS) is 16.1. The SMILES string of the molecule is CN(C)/C=N\c1nccc2c1n(-c1ccc(Oc3ccccc3)cc1)c(=O)n2[C@@H]1C[C@@H](OC(=O)c2ccc([N+](=O)[O-])cc2)CN(C(=O)OC(C)(C)C)C1. The number of esters is 1. The Hall–Kier alpha value is -6.51. The Morgan fingerprint density at radius 1 is 0.962 bits per heavy atom. The van der Waals surface area contributed by atoms with Crippen LogP contribution in [0.25, 0.3) is 16.7 Å². The number of hydrogen-bond donors (Lipinski definition) is 0. The zero-order valence-corrected chi connectivity index (χ0v) is 29.9. The number of rotatable bonds is 9. The third-order valence-electron chi connectivity index (χ3n) is 8.24. The molecule has 2 aromatic heterocycles. The zero-order chi connectivity index (χ0) is 37.9. The number of hydrogen-bond acceptors (Lipinski definition) is 10. The highest BCUT2D eigenvalue weighted by Gasteiger charge is 2.37. The molecule has 0 spiro atoms. The first kappa shape index (κ1) is 36.3. The van der Waals surface area contributed by atoms with E-state index in [9.17, 15) is 24.5 Å². The fourth-order valence-electron chi connectivity index (χ4n) is 6.01. The lowest BCUT2D eigenvalue weighted by Gasteiger charge is -2.38. The summed E-state index contributed by atoms with van der Waals surface area (Å²) >= 11 is 0. The molecule has 0 saturated carbocycles. The molecule has 1 aliphatic rings. The highest BCUT2D eigenvalue weighted by Crippen LogP contribution is 2.33. The molecule has 0 N–H and O–H groups in total. The van der Waals surface area contributed by atoms with Crippen LogP contribution in [0.2, 0.25) is 0 Å². The molecule has 0 bridgehead atoms. The average molecular weight is 722 g/mol. The van der Waals surface area contributed by atoms with E-state index in [0.29, 0.717) is 28.2 Å². The smallest absolute Gasteiger partial charge is 0.410 e. The number of pyridine rings is 1. The minimum Gasteiger partial charge on any atom is -0.457 e. The Kier molecular flexibility index (Phi) is 10.3. The number of non-ortho nitro benzene ring substituents is 1. The predicted octanol–water partition coefficient (Wildman–Crippen LogP) is 6.52. The number of nitro groups is 1. The summed E-state index contributed by atoms with van der Waals surface area (Å²) in [6.07, 6.45) is 1.81. The van der Waals surface area contributed by atoms with Gasteiger partial charge >= 0.3 is 17.8 Å². The molecule has 0 aliphatic carbocycles. The molecular formula is C38H39N7O8. The van der Waals surface area contributed by atoms with E-state index in [1.807, 2.05) is 44.4 Å². The molecule has 2 atom stereocenters. The Labute approximate surface area is 304 Å². The van der Waals surface area contributed by atoms with Crippen molar-refractivity contribution in [2.45, 2.75) is 44.9 Å². The van der Waals surface area contributed by atoms with Crippen molar-refractivity contribution >= 4 is 40.9 Å². The van der Waals surface area contributed by atoms with Gasteiger partial charge < -0.3 is 24.0 Å². The van der Waals surface area contributed by atoms with Gasteiger partial charge in [-0.2, -0.15) is 0 Å². The maximum Gasteiger partial charge on any atom is 0.410 e. The number of aromatic nitrogens is 3. The maximum absolute atomic E-state index is 14.7. The molecule has 0 radical (unpaired) electrons. The lowest BCUT2D eigenvalue weighted by molar-refractivity contribution is -0.384. The van der Waals surface area contributed by atoms with Gasteiger partial charge in [-0.15, -0.1) is 0 Å². The van der Waals surface area contributed by atoms with Crippen molar-refractivity contribution in [3.63, 3.8) is 0 Å². The molecule has 6 rings (SSSR count). The highest BCUT2D eigenvalue weighted by molar-refractivity contribution is 5.90. The standard InChI is InChI=1S/C38H39N7O8/c1-38(2,3)53-37(48)42-22-28(21-31(23-42)52-35(46)25-11-13-27(14-12-25)45(49)50)43-32-19-20-39-34(40-24-41(4)5)33(32)44(36(43)47)26-15-17-30(18-16-26)51-29-9-7-6-8-10-29/h6-20,24,28,31H,21-23H2,1-5H3/b40-24-/t28-,31-/m1/s1. The first-order chi connectivity index (χ1) is 25.3. The molecule has 3 aromatic carbocycles. The third kappa shape index (κ3) is 8.35. The Morgan fingerprint density at radius 3 is 2.28 bits per heavy atom. The first-order valence-corrected chi connectivity index (χ1v) is 16.9. The quantitative estimate of drug-likeness (QED) is 0.0538. The Balaban J connectivity index is 1.42. The number of amides is 1.